The fraction of sp³-hybridized carbons (Fsp3) is 0.900. The van der Waals surface area contributed by atoms with Crippen LogP contribution in [0.3, 0.4) is 0 Å². The summed E-state index contributed by atoms with van der Waals surface area (Å²) in [5.74, 6) is 2.78. The number of aliphatic hydroxyl groups excluding tert-OH is 1. The van der Waals surface area contributed by atoms with Crippen LogP contribution in [-0.4, -0.2) is 37.0 Å². The van der Waals surface area contributed by atoms with Crippen molar-refractivity contribution < 1.29 is 19.4 Å². The molecule has 0 saturated heterocycles. The Labute approximate surface area is 210 Å². The van der Waals surface area contributed by atoms with Crippen molar-refractivity contribution in [3.63, 3.8) is 0 Å². The van der Waals surface area contributed by atoms with Crippen LogP contribution in [0, 0.1) is 23.7 Å². The average molecular weight is 479 g/mol. The van der Waals surface area contributed by atoms with E-state index in [4.69, 9.17) is 9.47 Å². The van der Waals surface area contributed by atoms with Gasteiger partial charge in [-0.3, -0.25) is 0 Å². The van der Waals surface area contributed by atoms with E-state index < -0.39 is 0 Å². The monoisotopic (exact) mass is 478 g/mol. The summed E-state index contributed by atoms with van der Waals surface area (Å²) >= 11 is 0. The van der Waals surface area contributed by atoms with Gasteiger partial charge in [-0.05, 0) is 88.4 Å². The lowest BCUT2D eigenvalue weighted by molar-refractivity contribution is -0.139. The molecule has 0 bridgehead atoms. The normalized spacial score (nSPS) is 26.2. The number of esters is 1. The highest BCUT2D eigenvalue weighted by Crippen LogP contribution is 2.35. The summed E-state index contributed by atoms with van der Waals surface area (Å²) in [5, 5.41) is 9.43. The first-order valence-electron chi connectivity index (χ1n) is 14.6. The quantitative estimate of drug-likeness (QED) is 0.133. The van der Waals surface area contributed by atoms with Gasteiger partial charge in [-0.15, -0.1) is 0 Å². The van der Waals surface area contributed by atoms with E-state index in [2.05, 4.69) is 13.5 Å². The highest BCUT2D eigenvalue weighted by Gasteiger charge is 2.25. The van der Waals surface area contributed by atoms with E-state index in [1.807, 2.05) is 0 Å². The zero-order valence-electron chi connectivity index (χ0n) is 22.4. The van der Waals surface area contributed by atoms with Gasteiger partial charge in [-0.2, -0.15) is 0 Å². The van der Waals surface area contributed by atoms with Crippen LogP contribution in [0.15, 0.2) is 12.2 Å². The molecule has 0 aromatic carbocycles. The summed E-state index contributed by atoms with van der Waals surface area (Å²) in [4.78, 5) is 11.6. The molecular weight excluding hydrogens is 424 g/mol. The Kier molecular flexibility index (Phi) is 15.1. The van der Waals surface area contributed by atoms with Crippen LogP contribution in [0.25, 0.3) is 0 Å². The molecule has 0 radical (unpaired) electrons. The molecule has 0 spiro atoms. The molecule has 198 valence electrons. The number of hydrogen-bond donors (Lipinski definition) is 1. The van der Waals surface area contributed by atoms with E-state index in [1.54, 1.807) is 6.92 Å². The van der Waals surface area contributed by atoms with E-state index in [1.165, 1.54) is 89.9 Å². The Balaban J connectivity index is 1.52. The molecule has 0 aromatic heterocycles. The minimum Gasteiger partial charge on any atom is -0.462 e. The summed E-state index contributed by atoms with van der Waals surface area (Å²) < 4.78 is 11.5. The number of ether oxygens (including phenoxy) is 2. The predicted molar refractivity (Wildman–Crippen MR) is 141 cm³/mol. The van der Waals surface area contributed by atoms with Crippen LogP contribution >= 0.6 is 0 Å². The van der Waals surface area contributed by atoms with Crippen LogP contribution in [0.4, 0.5) is 0 Å². The molecule has 4 nitrogen and oxygen atoms in total. The topological polar surface area (TPSA) is 55.8 Å². The van der Waals surface area contributed by atoms with Gasteiger partial charge in [0.05, 0.1) is 12.7 Å². The second-order valence-corrected chi connectivity index (χ2v) is 11.4. The summed E-state index contributed by atoms with van der Waals surface area (Å²) in [7, 11) is 0. The second kappa shape index (κ2) is 17.5. The second-order valence-electron chi connectivity index (χ2n) is 11.4. The number of unbranched alkanes of at least 4 members (excludes halogenated alkanes) is 2. The van der Waals surface area contributed by atoms with Crippen molar-refractivity contribution in [2.75, 3.05) is 19.8 Å². The maximum atomic E-state index is 11.6. The molecule has 4 heteroatoms. The molecule has 2 rings (SSSR count). The Morgan fingerprint density at radius 3 is 2.09 bits per heavy atom. The Bertz CT molecular complexity index is 544. The molecule has 2 aliphatic carbocycles. The largest absolute Gasteiger partial charge is 0.462 e. The molecule has 1 atom stereocenters. The SMILES string of the molecule is C=C(C)C(=O)OCCC(CCO)CC1CCC(OCCCC2CCC(CCCCC)CC2)CC1. The van der Waals surface area contributed by atoms with Crippen molar-refractivity contribution in [2.24, 2.45) is 23.7 Å². The zero-order chi connectivity index (χ0) is 24.6. The molecule has 0 heterocycles. The van der Waals surface area contributed by atoms with Gasteiger partial charge in [-0.25, -0.2) is 4.79 Å². The molecule has 2 fully saturated rings. The van der Waals surface area contributed by atoms with Crippen LogP contribution in [-0.2, 0) is 14.3 Å². The number of hydrogen-bond acceptors (Lipinski definition) is 4. The van der Waals surface area contributed by atoms with E-state index in [0.29, 0.717) is 30.1 Å². The fourth-order valence-electron chi connectivity index (χ4n) is 6.12. The van der Waals surface area contributed by atoms with E-state index >= 15 is 0 Å². The average Bonchev–Trinajstić information content (AvgIpc) is 2.84. The summed E-state index contributed by atoms with van der Waals surface area (Å²) in [5.41, 5.74) is 0.446. The standard InChI is InChI=1S/C30H54O4/c1-4-5-6-8-25-10-12-26(13-11-25)9-7-21-33-29-16-14-27(15-17-29)23-28(18-20-31)19-22-34-30(32)24(2)3/h25-29,31H,2,4-23H2,1,3H3. The fourth-order valence-corrected chi connectivity index (χ4v) is 6.12. The van der Waals surface area contributed by atoms with E-state index in [9.17, 15) is 9.90 Å². The van der Waals surface area contributed by atoms with Gasteiger partial charge in [0.25, 0.3) is 0 Å². The molecule has 2 saturated carbocycles. The smallest absolute Gasteiger partial charge is 0.333 e. The molecule has 0 amide bonds. The van der Waals surface area contributed by atoms with Gasteiger partial charge in [0, 0.05) is 18.8 Å². The maximum Gasteiger partial charge on any atom is 0.333 e. The lowest BCUT2D eigenvalue weighted by atomic mass is 9.78. The summed E-state index contributed by atoms with van der Waals surface area (Å²) in [6.07, 6.45) is 22.1. The number of aliphatic hydroxyl groups is 1. The van der Waals surface area contributed by atoms with Gasteiger partial charge in [0.1, 0.15) is 0 Å². The number of rotatable bonds is 17. The van der Waals surface area contributed by atoms with Crippen molar-refractivity contribution in [1.82, 2.24) is 0 Å². The lowest BCUT2D eigenvalue weighted by Gasteiger charge is -2.31. The predicted octanol–water partition coefficient (Wildman–Crippen LogP) is 7.63. The summed E-state index contributed by atoms with van der Waals surface area (Å²) in [6, 6.07) is 0. The maximum absolute atomic E-state index is 11.6. The third-order valence-electron chi connectivity index (χ3n) is 8.40. The molecule has 0 aliphatic heterocycles. The van der Waals surface area contributed by atoms with Crippen molar-refractivity contribution in [3.05, 3.63) is 12.2 Å². The molecule has 1 unspecified atom stereocenters. The number of carbonyl (C=O) groups excluding carboxylic acids is 1. The van der Waals surface area contributed by atoms with E-state index in [-0.39, 0.29) is 12.6 Å². The van der Waals surface area contributed by atoms with Crippen molar-refractivity contribution in [3.8, 4) is 0 Å². The highest BCUT2D eigenvalue weighted by atomic mass is 16.5. The minimum atomic E-state index is -0.310. The van der Waals surface area contributed by atoms with Crippen LogP contribution in [0.5, 0.6) is 0 Å². The van der Waals surface area contributed by atoms with Crippen molar-refractivity contribution in [2.45, 2.75) is 129 Å². The van der Waals surface area contributed by atoms with Gasteiger partial charge < -0.3 is 14.6 Å². The Morgan fingerprint density at radius 2 is 1.50 bits per heavy atom. The Hall–Kier alpha value is -0.870. The van der Waals surface area contributed by atoms with Gasteiger partial charge in [-0.1, -0.05) is 64.9 Å². The molecule has 0 aromatic rings. The van der Waals surface area contributed by atoms with Crippen molar-refractivity contribution >= 4 is 5.97 Å². The van der Waals surface area contributed by atoms with E-state index in [0.717, 1.165) is 37.7 Å². The first-order valence-corrected chi connectivity index (χ1v) is 14.6. The molecule has 2 aliphatic rings. The first-order chi connectivity index (χ1) is 16.5. The Morgan fingerprint density at radius 1 is 0.882 bits per heavy atom. The first kappa shape index (κ1) is 29.4. The van der Waals surface area contributed by atoms with Gasteiger partial charge >= 0.3 is 5.97 Å². The molecule has 34 heavy (non-hydrogen) atoms. The lowest BCUT2D eigenvalue weighted by Crippen LogP contribution is -2.24. The van der Waals surface area contributed by atoms with Crippen LogP contribution < -0.4 is 0 Å². The third kappa shape index (κ3) is 12.2. The minimum absolute atomic E-state index is 0.206. The number of carbonyl (C=O) groups is 1. The van der Waals surface area contributed by atoms with Crippen LogP contribution in [0.2, 0.25) is 0 Å². The summed E-state index contributed by atoms with van der Waals surface area (Å²) in [6.45, 7) is 9.17. The van der Waals surface area contributed by atoms with Gasteiger partial charge in [0.2, 0.25) is 0 Å². The molecular formula is C30H54O4. The van der Waals surface area contributed by atoms with Crippen molar-refractivity contribution in [1.29, 1.82) is 0 Å². The third-order valence-corrected chi connectivity index (χ3v) is 8.40. The van der Waals surface area contributed by atoms with Crippen LogP contribution in [0.1, 0.15) is 123 Å². The highest BCUT2D eigenvalue weighted by molar-refractivity contribution is 5.86. The zero-order valence-corrected chi connectivity index (χ0v) is 22.4. The van der Waals surface area contributed by atoms with Gasteiger partial charge in [0.15, 0.2) is 0 Å². The molecule has 1 N–H and O–H groups in total.